The van der Waals surface area contributed by atoms with Crippen LogP contribution in [0.1, 0.15) is 57.4 Å². The average molecular weight is 246 g/mol. The van der Waals surface area contributed by atoms with E-state index >= 15 is 0 Å². The van der Waals surface area contributed by atoms with E-state index in [-0.39, 0.29) is 0 Å². The molecule has 1 heterocycles. The van der Waals surface area contributed by atoms with Gasteiger partial charge in [-0.25, -0.2) is 0 Å². The molecule has 0 unspecified atom stereocenters. The predicted octanol–water partition coefficient (Wildman–Crippen LogP) is 3.87. The van der Waals surface area contributed by atoms with Gasteiger partial charge in [-0.2, -0.15) is 0 Å². The quantitative estimate of drug-likeness (QED) is 0.785. The summed E-state index contributed by atoms with van der Waals surface area (Å²) in [6.45, 7) is 7.45. The van der Waals surface area contributed by atoms with Gasteiger partial charge in [-0.15, -0.1) is 0 Å². The van der Waals surface area contributed by atoms with E-state index in [1.165, 1.54) is 37.7 Å². The summed E-state index contributed by atoms with van der Waals surface area (Å²) < 4.78 is 11.5. The summed E-state index contributed by atoms with van der Waals surface area (Å²) in [5.74, 6) is 3.73. The molecule has 1 fully saturated rings. The minimum atomic E-state index is 0.653. The maximum atomic E-state index is 5.85. The monoisotopic (exact) mass is 246 g/mol. The third-order valence-corrected chi connectivity index (χ3v) is 3.64. The molecule has 1 saturated carbocycles. The van der Waals surface area contributed by atoms with E-state index in [9.17, 15) is 0 Å². The summed E-state index contributed by atoms with van der Waals surface area (Å²) in [4.78, 5) is 0. The van der Waals surface area contributed by atoms with Crippen molar-refractivity contribution < 1.29 is 9.47 Å². The molecular weight excluding hydrogens is 223 g/mol. The van der Waals surface area contributed by atoms with Crippen molar-refractivity contribution in [3.63, 3.8) is 0 Å². The molecule has 0 saturated heterocycles. The third kappa shape index (κ3) is 3.07. The van der Waals surface area contributed by atoms with Crippen LogP contribution in [0.3, 0.4) is 0 Å². The Labute approximate surface area is 111 Å². The average Bonchev–Trinajstić information content (AvgIpc) is 2.42. The molecular formula is C15H23BO2. The Kier molecular flexibility index (Phi) is 5.09. The van der Waals surface area contributed by atoms with Crippen molar-refractivity contribution in [3.8, 4) is 11.4 Å². The van der Waals surface area contributed by atoms with Gasteiger partial charge >= 0.3 is 110 Å². The van der Waals surface area contributed by atoms with E-state index in [1.54, 1.807) is 0 Å². The van der Waals surface area contributed by atoms with Crippen LogP contribution < -0.4 is 9.47 Å². The molecule has 98 valence electrons. The van der Waals surface area contributed by atoms with Crippen molar-refractivity contribution in [2.45, 2.75) is 51.9 Å². The van der Waals surface area contributed by atoms with Crippen LogP contribution in [0.15, 0.2) is 12.0 Å². The van der Waals surface area contributed by atoms with Crippen LogP contribution in [0.4, 0.5) is 0 Å². The van der Waals surface area contributed by atoms with Gasteiger partial charge in [0.25, 0.3) is 0 Å². The van der Waals surface area contributed by atoms with Crippen LogP contribution in [0.5, 0.6) is 11.4 Å². The molecule has 0 spiro atoms. The van der Waals surface area contributed by atoms with Crippen LogP contribution in [0.25, 0.3) is 0 Å². The summed E-state index contributed by atoms with van der Waals surface area (Å²) in [6, 6.07) is 2.21. The molecule has 1 aliphatic rings. The molecule has 0 bridgehead atoms. The Bertz CT molecular complexity index is 373. The fourth-order valence-electron chi connectivity index (χ4n) is 2.84. The van der Waals surface area contributed by atoms with Crippen molar-refractivity contribution in [2.24, 2.45) is 0 Å². The molecule has 1 aliphatic carbocycles. The molecule has 0 N–H and O–H groups in total. The number of hydrogen-bond donors (Lipinski definition) is 0. The van der Waals surface area contributed by atoms with Gasteiger partial charge in [-0.05, 0) is 0 Å². The molecule has 3 heteroatoms. The van der Waals surface area contributed by atoms with Crippen molar-refractivity contribution >= 4 is 6.91 Å². The van der Waals surface area contributed by atoms with E-state index in [1.807, 2.05) is 20.8 Å². The van der Waals surface area contributed by atoms with Gasteiger partial charge in [0, 0.05) is 0 Å². The predicted molar refractivity (Wildman–Crippen MR) is 76.0 cm³/mol. The Morgan fingerprint density at radius 2 is 1.83 bits per heavy atom. The maximum absolute atomic E-state index is 5.85. The Balaban J connectivity index is 2.28. The van der Waals surface area contributed by atoms with E-state index in [4.69, 9.17) is 9.47 Å². The first kappa shape index (κ1) is 13.4. The standard InChI is InChI=1S/C15H23BO2/c1-3-17-14-13(12-8-6-5-7-9-12)10-11-16-15(14)18-4-2/h10-12H,3-9H2,1-2H3. The van der Waals surface area contributed by atoms with Crippen LogP contribution in [0.2, 0.25) is 0 Å². The molecule has 2 nitrogen and oxygen atoms in total. The second kappa shape index (κ2) is 6.82. The Morgan fingerprint density at radius 1 is 1.11 bits per heavy atom. The molecule has 0 amide bonds. The Morgan fingerprint density at radius 3 is 2.50 bits per heavy atom. The van der Waals surface area contributed by atoms with Crippen LogP contribution in [0, 0.1) is 0 Å². The minimum absolute atomic E-state index is 0.653. The zero-order valence-corrected chi connectivity index (χ0v) is 11.6. The number of rotatable bonds is 5. The Hall–Kier alpha value is -0.985. The molecule has 1 aromatic heterocycles. The zero-order chi connectivity index (χ0) is 12.8. The first-order valence-corrected chi connectivity index (χ1v) is 7.25. The summed E-state index contributed by atoms with van der Waals surface area (Å²) in [7, 11) is 0. The van der Waals surface area contributed by atoms with Gasteiger partial charge in [0.2, 0.25) is 0 Å². The SMILES string of the molecule is CCOc1bccc(C2CCCCC2)c1OCC. The van der Waals surface area contributed by atoms with Gasteiger partial charge in [-0.3, -0.25) is 0 Å². The molecule has 2 rings (SSSR count). The molecule has 0 atom stereocenters. The van der Waals surface area contributed by atoms with Crippen LogP contribution in [-0.4, -0.2) is 20.1 Å². The van der Waals surface area contributed by atoms with Gasteiger partial charge in [0.15, 0.2) is 0 Å². The molecule has 0 aliphatic heterocycles. The first-order chi connectivity index (χ1) is 8.86. The normalized spacial score (nSPS) is 16.3. The van der Waals surface area contributed by atoms with Crippen molar-refractivity contribution in [1.29, 1.82) is 0 Å². The van der Waals surface area contributed by atoms with E-state index in [2.05, 4.69) is 12.0 Å². The summed E-state index contributed by atoms with van der Waals surface area (Å²) >= 11 is 0. The summed E-state index contributed by atoms with van der Waals surface area (Å²) in [5, 5.41) is 0. The van der Waals surface area contributed by atoms with Crippen molar-refractivity contribution in [1.82, 2.24) is 0 Å². The number of ether oxygens (including phenoxy) is 2. The molecule has 1 aromatic rings. The van der Waals surface area contributed by atoms with Crippen LogP contribution >= 0.6 is 0 Å². The second-order valence-corrected chi connectivity index (χ2v) is 4.88. The van der Waals surface area contributed by atoms with Gasteiger partial charge < -0.3 is 0 Å². The van der Waals surface area contributed by atoms with Gasteiger partial charge in [0.1, 0.15) is 0 Å². The van der Waals surface area contributed by atoms with Gasteiger partial charge in [-0.1, -0.05) is 0 Å². The van der Waals surface area contributed by atoms with Crippen molar-refractivity contribution in [2.75, 3.05) is 13.2 Å². The fraction of sp³-hybridized carbons (Fsp3) is 0.667. The topological polar surface area (TPSA) is 18.5 Å². The summed E-state index contributed by atoms with van der Waals surface area (Å²) in [5.41, 5.74) is 2.25. The number of hydrogen-bond acceptors (Lipinski definition) is 2. The first-order valence-electron chi connectivity index (χ1n) is 7.25. The molecule has 0 radical (unpaired) electrons. The van der Waals surface area contributed by atoms with E-state index in [0.29, 0.717) is 19.1 Å². The van der Waals surface area contributed by atoms with Crippen LogP contribution in [-0.2, 0) is 0 Å². The fourth-order valence-corrected chi connectivity index (χ4v) is 2.84. The van der Waals surface area contributed by atoms with E-state index < -0.39 is 0 Å². The zero-order valence-electron chi connectivity index (χ0n) is 11.6. The second-order valence-electron chi connectivity index (χ2n) is 4.88. The third-order valence-electron chi connectivity index (χ3n) is 3.64. The summed E-state index contributed by atoms with van der Waals surface area (Å²) in [6.07, 6.45) is 6.64. The molecule has 0 aromatic carbocycles. The molecule has 18 heavy (non-hydrogen) atoms. The van der Waals surface area contributed by atoms with Crippen molar-refractivity contribution in [3.05, 3.63) is 17.6 Å². The van der Waals surface area contributed by atoms with Gasteiger partial charge in [0.05, 0.1) is 0 Å². The van der Waals surface area contributed by atoms with E-state index in [0.717, 1.165) is 11.4 Å².